The molecule has 2 heterocycles. The maximum Gasteiger partial charge on any atom is 0.224 e. The summed E-state index contributed by atoms with van der Waals surface area (Å²) in [4.78, 5) is 10.5. The van der Waals surface area contributed by atoms with E-state index in [4.69, 9.17) is 0 Å². The smallest absolute Gasteiger partial charge is 0.224 e. The van der Waals surface area contributed by atoms with Gasteiger partial charge in [0.25, 0.3) is 0 Å². The average molecular weight is 301 g/mol. The molecule has 2 aromatic rings. The molecule has 118 valence electrons. The summed E-state index contributed by atoms with van der Waals surface area (Å²) >= 11 is 0. The molecule has 0 saturated heterocycles. The van der Waals surface area contributed by atoms with Gasteiger partial charge in [-0.2, -0.15) is 0 Å². The highest BCUT2D eigenvalue weighted by Gasteiger charge is 2.22. The third-order valence-corrected chi connectivity index (χ3v) is 4.32. The molecular weight excluding hydrogens is 278 g/mol. The molecule has 0 aromatic carbocycles. The molecule has 2 aromatic heterocycles. The monoisotopic (exact) mass is 301 g/mol. The van der Waals surface area contributed by atoms with Crippen molar-refractivity contribution in [2.24, 2.45) is 0 Å². The summed E-state index contributed by atoms with van der Waals surface area (Å²) in [5.74, 6) is 0.696. The van der Waals surface area contributed by atoms with Crippen LogP contribution in [0.5, 0.6) is 0 Å². The maximum atomic E-state index is 4.33. The minimum absolute atomic E-state index is 0.452. The van der Waals surface area contributed by atoms with Gasteiger partial charge in [0.1, 0.15) is 5.69 Å². The van der Waals surface area contributed by atoms with E-state index in [1.54, 1.807) is 12.4 Å². The van der Waals surface area contributed by atoms with Crippen molar-refractivity contribution in [2.45, 2.75) is 37.8 Å². The van der Waals surface area contributed by atoms with E-state index in [9.17, 15) is 0 Å². The zero-order chi connectivity index (χ0) is 15.5. The molecular formula is C15H23N7. The van der Waals surface area contributed by atoms with Crippen LogP contribution in [0.25, 0.3) is 11.3 Å². The molecule has 0 spiro atoms. The van der Waals surface area contributed by atoms with E-state index in [2.05, 4.69) is 25.6 Å². The second-order valence-corrected chi connectivity index (χ2v) is 6.04. The molecule has 0 atom stereocenters. The number of nitrogens with one attached hydrogen (secondary N) is 1. The predicted molar refractivity (Wildman–Crippen MR) is 85.7 cm³/mol. The number of nitrogens with zero attached hydrogens (tertiary/aromatic N) is 6. The van der Waals surface area contributed by atoms with Crippen LogP contribution in [0, 0.1) is 0 Å². The number of hydrogen-bond donors (Lipinski definition) is 1. The number of aromatic nitrogens is 5. The SMILES string of the molecule is CNC1CCC(n2cc(-c3cnc(N(C)C)nc3)nn2)CC1. The molecule has 1 fully saturated rings. The summed E-state index contributed by atoms with van der Waals surface area (Å²) in [7, 11) is 5.88. The Morgan fingerprint density at radius 3 is 2.41 bits per heavy atom. The lowest BCUT2D eigenvalue weighted by atomic mass is 9.91. The van der Waals surface area contributed by atoms with Gasteiger partial charge in [-0.1, -0.05) is 5.21 Å². The summed E-state index contributed by atoms with van der Waals surface area (Å²) in [6.45, 7) is 0. The van der Waals surface area contributed by atoms with Crippen LogP contribution in [0.15, 0.2) is 18.6 Å². The third kappa shape index (κ3) is 3.09. The lowest BCUT2D eigenvalue weighted by molar-refractivity contribution is 0.281. The zero-order valence-electron chi connectivity index (χ0n) is 13.4. The quantitative estimate of drug-likeness (QED) is 0.923. The molecule has 7 heteroatoms. The zero-order valence-corrected chi connectivity index (χ0v) is 13.4. The van der Waals surface area contributed by atoms with E-state index in [1.807, 2.05) is 36.9 Å². The number of hydrogen-bond acceptors (Lipinski definition) is 6. The average Bonchev–Trinajstić information content (AvgIpc) is 3.05. The van der Waals surface area contributed by atoms with E-state index >= 15 is 0 Å². The fraction of sp³-hybridized carbons (Fsp3) is 0.600. The molecule has 0 radical (unpaired) electrons. The van der Waals surface area contributed by atoms with Gasteiger partial charge in [-0.3, -0.25) is 0 Å². The lowest BCUT2D eigenvalue weighted by Gasteiger charge is -2.27. The van der Waals surface area contributed by atoms with Crippen LogP contribution in [-0.2, 0) is 0 Å². The Bertz CT molecular complexity index is 597. The van der Waals surface area contributed by atoms with E-state index < -0.39 is 0 Å². The normalized spacial score (nSPS) is 21.8. The van der Waals surface area contributed by atoms with Gasteiger partial charge in [-0.25, -0.2) is 14.6 Å². The molecule has 0 unspecified atom stereocenters. The summed E-state index contributed by atoms with van der Waals surface area (Å²) in [5, 5.41) is 11.9. The summed E-state index contributed by atoms with van der Waals surface area (Å²) in [6.07, 6.45) is 10.3. The summed E-state index contributed by atoms with van der Waals surface area (Å²) in [6, 6.07) is 1.10. The van der Waals surface area contributed by atoms with Gasteiger partial charge in [0.2, 0.25) is 5.95 Å². The van der Waals surface area contributed by atoms with Crippen LogP contribution in [0.3, 0.4) is 0 Å². The van der Waals surface area contributed by atoms with E-state index in [1.165, 1.54) is 12.8 Å². The van der Waals surface area contributed by atoms with Crippen molar-refractivity contribution in [3.8, 4) is 11.3 Å². The molecule has 1 aliphatic carbocycles. The number of anilines is 1. The van der Waals surface area contributed by atoms with Crippen molar-refractivity contribution in [2.75, 3.05) is 26.0 Å². The number of rotatable bonds is 4. The Hall–Kier alpha value is -2.02. The van der Waals surface area contributed by atoms with Crippen molar-refractivity contribution in [3.63, 3.8) is 0 Å². The van der Waals surface area contributed by atoms with Crippen molar-refractivity contribution in [1.29, 1.82) is 0 Å². The van der Waals surface area contributed by atoms with E-state index in [0.29, 0.717) is 18.0 Å². The van der Waals surface area contributed by atoms with Crippen LogP contribution in [0.2, 0.25) is 0 Å². The van der Waals surface area contributed by atoms with Gasteiger partial charge in [0.15, 0.2) is 0 Å². The molecule has 3 rings (SSSR count). The molecule has 0 aliphatic heterocycles. The van der Waals surface area contributed by atoms with Gasteiger partial charge in [0, 0.05) is 38.1 Å². The minimum Gasteiger partial charge on any atom is -0.347 e. The Balaban J connectivity index is 1.71. The first kappa shape index (κ1) is 14.9. The highest BCUT2D eigenvalue weighted by atomic mass is 15.4. The molecule has 1 aliphatic rings. The Morgan fingerprint density at radius 2 is 1.82 bits per heavy atom. The fourth-order valence-corrected chi connectivity index (χ4v) is 2.90. The van der Waals surface area contributed by atoms with E-state index in [0.717, 1.165) is 24.1 Å². The van der Waals surface area contributed by atoms with Crippen LogP contribution in [0.4, 0.5) is 5.95 Å². The Morgan fingerprint density at radius 1 is 1.14 bits per heavy atom. The van der Waals surface area contributed by atoms with Crippen molar-refractivity contribution in [3.05, 3.63) is 18.6 Å². The van der Waals surface area contributed by atoms with Crippen molar-refractivity contribution < 1.29 is 0 Å². The molecule has 1 N–H and O–H groups in total. The van der Waals surface area contributed by atoms with Gasteiger partial charge < -0.3 is 10.2 Å². The van der Waals surface area contributed by atoms with Crippen LogP contribution < -0.4 is 10.2 Å². The van der Waals surface area contributed by atoms with E-state index in [-0.39, 0.29) is 0 Å². The fourth-order valence-electron chi connectivity index (χ4n) is 2.90. The molecule has 0 bridgehead atoms. The first-order valence-electron chi connectivity index (χ1n) is 7.76. The maximum absolute atomic E-state index is 4.33. The van der Waals surface area contributed by atoms with Gasteiger partial charge in [0.05, 0.1) is 12.2 Å². The van der Waals surface area contributed by atoms with Gasteiger partial charge in [-0.15, -0.1) is 5.10 Å². The van der Waals surface area contributed by atoms with Gasteiger partial charge >= 0.3 is 0 Å². The third-order valence-electron chi connectivity index (χ3n) is 4.32. The van der Waals surface area contributed by atoms with Crippen molar-refractivity contribution >= 4 is 5.95 Å². The minimum atomic E-state index is 0.452. The highest BCUT2D eigenvalue weighted by Crippen LogP contribution is 2.28. The standard InChI is InChI=1S/C15H23N7/c1-16-12-4-6-13(7-5-12)22-10-14(19-20-22)11-8-17-15(18-9-11)21(2)3/h8-10,12-13,16H,4-7H2,1-3H3. The Kier molecular flexibility index (Phi) is 4.33. The summed E-state index contributed by atoms with van der Waals surface area (Å²) < 4.78 is 2.00. The first-order valence-corrected chi connectivity index (χ1v) is 7.76. The van der Waals surface area contributed by atoms with Crippen LogP contribution in [-0.4, -0.2) is 52.1 Å². The van der Waals surface area contributed by atoms with Gasteiger partial charge in [-0.05, 0) is 32.7 Å². The second-order valence-electron chi connectivity index (χ2n) is 6.04. The summed E-state index contributed by atoms with van der Waals surface area (Å²) in [5.41, 5.74) is 1.74. The van der Waals surface area contributed by atoms with Crippen LogP contribution >= 0.6 is 0 Å². The Labute approximate surface area is 130 Å². The predicted octanol–water partition coefficient (Wildman–Crippen LogP) is 1.50. The van der Waals surface area contributed by atoms with Crippen molar-refractivity contribution in [1.82, 2.24) is 30.3 Å². The molecule has 7 nitrogen and oxygen atoms in total. The largest absolute Gasteiger partial charge is 0.347 e. The molecule has 0 amide bonds. The van der Waals surface area contributed by atoms with Crippen LogP contribution in [0.1, 0.15) is 31.7 Å². The lowest BCUT2D eigenvalue weighted by Crippen LogP contribution is -2.31. The molecule has 1 saturated carbocycles. The highest BCUT2D eigenvalue weighted by molar-refractivity contribution is 5.55. The first-order chi connectivity index (χ1) is 10.7. The topological polar surface area (TPSA) is 71.8 Å². The molecule has 22 heavy (non-hydrogen) atoms. The second kappa shape index (κ2) is 6.39.